The van der Waals surface area contributed by atoms with Crippen molar-refractivity contribution in [3.8, 4) is 0 Å². The van der Waals surface area contributed by atoms with E-state index in [-0.39, 0.29) is 12.5 Å². The van der Waals surface area contributed by atoms with E-state index in [2.05, 4.69) is 4.98 Å². The fourth-order valence-corrected chi connectivity index (χ4v) is 4.22. The van der Waals surface area contributed by atoms with Gasteiger partial charge in [-0.05, 0) is 30.9 Å². The second-order valence-corrected chi connectivity index (χ2v) is 7.52. The average Bonchev–Trinajstić information content (AvgIpc) is 3.06. The molecule has 130 valence electrons. The molecule has 0 unspecified atom stereocenters. The zero-order valence-corrected chi connectivity index (χ0v) is 13.7. The van der Waals surface area contributed by atoms with Crippen LogP contribution < -0.4 is 4.90 Å². The predicted molar refractivity (Wildman–Crippen MR) is 89.1 cm³/mol. The molecular formula is C18H19N3O4. The van der Waals surface area contributed by atoms with Gasteiger partial charge in [0.2, 0.25) is 5.91 Å². The molecule has 3 fully saturated rings. The Labute approximate surface area is 144 Å². The van der Waals surface area contributed by atoms with E-state index in [1.807, 2.05) is 29.2 Å². The molecule has 1 saturated carbocycles. The molecule has 0 spiro atoms. The number of nitrogens with zero attached hydrogens (tertiary/aromatic N) is 3. The monoisotopic (exact) mass is 341 g/mol. The Bertz CT molecular complexity index is 841. The van der Waals surface area contributed by atoms with Crippen molar-refractivity contribution in [1.82, 2.24) is 9.88 Å². The fourth-order valence-electron chi connectivity index (χ4n) is 4.22. The van der Waals surface area contributed by atoms with Crippen LogP contribution in [0.4, 0.5) is 6.01 Å². The van der Waals surface area contributed by atoms with Crippen LogP contribution in [0, 0.1) is 17.3 Å². The summed E-state index contributed by atoms with van der Waals surface area (Å²) in [6.07, 6.45) is 2.28. The van der Waals surface area contributed by atoms with Gasteiger partial charge in [0, 0.05) is 26.2 Å². The molecule has 7 nitrogen and oxygen atoms in total. The minimum absolute atomic E-state index is 0.0343. The van der Waals surface area contributed by atoms with E-state index >= 15 is 0 Å². The summed E-state index contributed by atoms with van der Waals surface area (Å²) in [4.78, 5) is 32.9. The zero-order valence-electron chi connectivity index (χ0n) is 13.7. The lowest BCUT2D eigenvalue weighted by Crippen LogP contribution is -2.41. The molecule has 0 bridgehead atoms. The van der Waals surface area contributed by atoms with Crippen LogP contribution in [0.15, 0.2) is 28.7 Å². The van der Waals surface area contributed by atoms with Crippen molar-refractivity contribution in [2.24, 2.45) is 17.3 Å². The lowest BCUT2D eigenvalue weighted by Gasteiger charge is -2.24. The van der Waals surface area contributed by atoms with Gasteiger partial charge in [-0.3, -0.25) is 9.59 Å². The second-order valence-electron chi connectivity index (χ2n) is 7.52. The molecule has 1 aromatic carbocycles. The molecule has 2 aliphatic heterocycles. The Balaban J connectivity index is 1.45. The Kier molecular flexibility index (Phi) is 2.93. The largest absolute Gasteiger partial charge is 0.481 e. The number of carbonyl (C=O) groups is 2. The molecule has 1 aliphatic carbocycles. The van der Waals surface area contributed by atoms with Crippen LogP contribution in [0.3, 0.4) is 0 Å². The summed E-state index contributed by atoms with van der Waals surface area (Å²) in [6.45, 7) is 1.60. The fraction of sp³-hybridized carbons (Fsp3) is 0.500. The number of carboxylic acids is 1. The van der Waals surface area contributed by atoms with Crippen molar-refractivity contribution in [1.29, 1.82) is 0 Å². The van der Waals surface area contributed by atoms with Gasteiger partial charge >= 0.3 is 5.97 Å². The summed E-state index contributed by atoms with van der Waals surface area (Å²) in [5, 5.41) is 9.91. The Morgan fingerprint density at radius 2 is 2.12 bits per heavy atom. The van der Waals surface area contributed by atoms with Gasteiger partial charge < -0.3 is 19.3 Å². The molecule has 1 N–H and O–H groups in total. The molecule has 1 aromatic heterocycles. The lowest BCUT2D eigenvalue weighted by molar-refractivity contribution is -0.149. The summed E-state index contributed by atoms with van der Waals surface area (Å²) < 4.78 is 5.78. The van der Waals surface area contributed by atoms with E-state index in [4.69, 9.17) is 4.42 Å². The number of amides is 1. The number of fused-ring (bicyclic) bond motifs is 2. The van der Waals surface area contributed by atoms with Gasteiger partial charge in [0.25, 0.3) is 6.01 Å². The highest BCUT2D eigenvalue weighted by molar-refractivity contribution is 5.93. The summed E-state index contributed by atoms with van der Waals surface area (Å²) in [7, 11) is 0. The molecule has 2 atom stereocenters. The second kappa shape index (κ2) is 4.97. The van der Waals surface area contributed by atoms with E-state index in [0.717, 1.165) is 18.4 Å². The average molecular weight is 341 g/mol. The number of aliphatic carboxylic acids is 1. The molecule has 7 heteroatoms. The number of carbonyl (C=O) groups excluding carboxylic acids is 1. The summed E-state index contributed by atoms with van der Waals surface area (Å²) >= 11 is 0. The summed E-state index contributed by atoms with van der Waals surface area (Å²) in [5.74, 6) is -0.906. The quantitative estimate of drug-likeness (QED) is 0.909. The molecule has 2 saturated heterocycles. The number of rotatable bonds is 4. The molecule has 0 radical (unpaired) electrons. The van der Waals surface area contributed by atoms with E-state index < -0.39 is 17.3 Å². The zero-order chi connectivity index (χ0) is 17.2. The number of oxazole rings is 1. The van der Waals surface area contributed by atoms with Crippen molar-refractivity contribution in [3.63, 3.8) is 0 Å². The van der Waals surface area contributed by atoms with Crippen molar-refractivity contribution in [2.75, 3.05) is 31.1 Å². The van der Waals surface area contributed by atoms with Crippen LogP contribution in [0.1, 0.15) is 12.8 Å². The molecule has 25 heavy (non-hydrogen) atoms. The molecule has 3 heterocycles. The number of hydrogen-bond acceptors (Lipinski definition) is 5. The van der Waals surface area contributed by atoms with Gasteiger partial charge in [0.05, 0.1) is 5.92 Å². The van der Waals surface area contributed by atoms with E-state index in [9.17, 15) is 14.7 Å². The van der Waals surface area contributed by atoms with Gasteiger partial charge in [-0.2, -0.15) is 4.98 Å². The maximum absolute atomic E-state index is 12.8. The molecule has 5 rings (SSSR count). The van der Waals surface area contributed by atoms with Crippen LogP contribution in [-0.4, -0.2) is 53.0 Å². The topological polar surface area (TPSA) is 86.9 Å². The third-order valence-electron chi connectivity index (χ3n) is 5.78. The normalized spacial score (nSPS) is 28.8. The van der Waals surface area contributed by atoms with E-state index in [1.165, 1.54) is 0 Å². The summed E-state index contributed by atoms with van der Waals surface area (Å²) in [6, 6.07) is 7.84. The standard InChI is InChI=1S/C18H19N3O4/c22-15-12-8-21(17-19-13-3-1-2-4-14(13)25-17)10-18(12,16(23)24)9-20(15)7-11-5-6-11/h1-4,11-12H,5-10H2,(H,23,24)/t12-,18+/m0/s1. The van der Waals surface area contributed by atoms with Crippen LogP contribution in [-0.2, 0) is 9.59 Å². The molecule has 2 aromatic rings. The van der Waals surface area contributed by atoms with Gasteiger partial charge in [-0.15, -0.1) is 0 Å². The first-order valence-corrected chi connectivity index (χ1v) is 8.69. The Morgan fingerprint density at radius 3 is 2.80 bits per heavy atom. The Hall–Kier alpha value is -2.57. The number of likely N-dealkylation sites (tertiary alicyclic amines) is 1. The minimum Gasteiger partial charge on any atom is -0.481 e. The SMILES string of the molecule is O=C1[C@@H]2CN(c3nc4ccccc4o3)C[C@]2(C(=O)O)CN1CC1CC1. The highest BCUT2D eigenvalue weighted by Crippen LogP contribution is 2.46. The third-order valence-corrected chi connectivity index (χ3v) is 5.78. The number of carboxylic acid groups (broad SMARTS) is 1. The highest BCUT2D eigenvalue weighted by Gasteiger charge is 2.63. The van der Waals surface area contributed by atoms with E-state index in [1.54, 1.807) is 4.90 Å². The van der Waals surface area contributed by atoms with Crippen molar-refractivity contribution in [3.05, 3.63) is 24.3 Å². The van der Waals surface area contributed by atoms with Crippen LogP contribution in [0.5, 0.6) is 0 Å². The number of para-hydroxylation sites is 2. The lowest BCUT2D eigenvalue weighted by atomic mass is 9.81. The van der Waals surface area contributed by atoms with Gasteiger partial charge in [0.15, 0.2) is 5.58 Å². The van der Waals surface area contributed by atoms with Crippen LogP contribution >= 0.6 is 0 Å². The van der Waals surface area contributed by atoms with Crippen LogP contribution in [0.25, 0.3) is 11.1 Å². The number of anilines is 1. The number of hydrogen-bond donors (Lipinski definition) is 1. The first-order chi connectivity index (χ1) is 12.1. The van der Waals surface area contributed by atoms with Crippen LogP contribution in [0.2, 0.25) is 0 Å². The first-order valence-electron chi connectivity index (χ1n) is 8.69. The maximum Gasteiger partial charge on any atom is 0.314 e. The van der Waals surface area contributed by atoms with E-state index in [0.29, 0.717) is 37.1 Å². The highest BCUT2D eigenvalue weighted by atomic mass is 16.4. The Morgan fingerprint density at radius 1 is 1.32 bits per heavy atom. The maximum atomic E-state index is 12.8. The summed E-state index contributed by atoms with van der Waals surface area (Å²) in [5.41, 5.74) is 0.341. The molecule has 3 aliphatic rings. The number of aromatic nitrogens is 1. The van der Waals surface area contributed by atoms with Gasteiger partial charge in [-0.25, -0.2) is 0 Å². The van der Waals surface area contributed by atoms with Gasteiger partial charge in [0.1, 0.15) is 10.9 Å². The third kappa shape index (κ3) is 2.14. The van der Waals surface area contributed by atoms with Crippen molar-refractivity contribution in [2.45, 2.75) is 12.8 Å². The molecule has 1 amide bonds. The van der Waals surface area contributed by atoms with Crippen molar-refractivity contribution < 1.29 is 19.1 Å². The van der Waals surface area contributed by atoms with Gasteiger partial charge in [-0.1, -0.05) is 12.1 Å². The smallest absolute Gasteiger partial charge is 0.314 e. The number of benzene rings is 1. The van der Waals surface area contributed by atoms with Crippen molar-refractivity contribution >= 4 is 29.0 Å². The predicted octanol–water partition coefficient (Wildman–Crippen LogP) is 1.59. The molecular weight excluding hydrogens is 322 g/mol. The first kappa shape index (κ1) is 14.7. The minimum atomic E-state index is -1.06.